The third-order valence-electron chi connectivity index (χ3n) is 3.33. The van der Waals surface area contributed by atoms with Crippen molar-refractivity contribution in [3.05, 3.63) is 24.3 Å². The third-order valence-corrected chi connectivity index (χ3v) is 5.32. The van der Waals surface area contributed by atoms with Crippen LogP contribution in [0.4, 0.5) is 0 Å². The fourth-order valence-electron chi connectivity index (χ4n) is 1.64. The highest BCUT2D eigenvalue weighted by atomic mass is 32.2. The van der Waals surface area contributed by atoms with Crippen molar-refractivity contribution < 1.29 is 13.2 Å². The van der Waals surface area contributed by atoms with Crippen LogP contribution in [0.15, 0.2) is 29.2 Å². The molecule has 0 aromatic heterocycles. The van der Waals surface area contributed by atoms with Gasteiger partial charge in [0.05, 0.1) is 4.90 Å². The van der Waals surface area contributed by atoms with Crippen molar-refractivity contribution in [3.8, 4) is 5.75 Å². The van der Waals surface area contributed by atoms with Crippen molar-refractivity contribution in [2.45, 2.75) is 31.2 Å². The lowest BCUT2D eigenvalue weighted by atomic mass is 10.3. The smallest absolute Gasteiger partial charge is 0.243 e. The zero-order valence-electron chi connectivity index (χ0n) is 12.6. The number of benzene rings is 1. The molecular weight excluding hydrogens is 276 g/mol. The van der Waals surface area contributed by atoms with Gasteiger partial charge in [0.1, 0.15) is 12.4 Å². The molecule has 1 N–H and O–H groups in total. The molecule has 0 spiro atoms. The van der Waals surface area contributed by atoms with Crippen molar-refractivity contribution in [1.29, 1.82) is 0 Å². The molecule has 1 rings (SSSR count). The average molecular weight is 300 g/mol. The summed E-state index contributed by atoms with van der Waals surface area (Å²) in [5, 5.41) is 2.98. The number of hydrogen-bond acceptors (Lipinski definition) is 4. The van der Waals surface area contributed by atoms with E-state index in [0.29, 0.717) is 17.3 Å². The second kappa shape index (κ2) is 7.61. The first-order chi connectivity index (χ1) is 9.43. The third kappa shape index (κ3) is 4.19. The SMILES string of the molecule is CCC(C)N(C)S(=O)(=O)c1ccc(OCCNC)cc1. The number of rotatable bonds is 8. The van der Waals surface area contributed by atoms with E-state index in [-0.39, 0.29) is 6.04 Å². The fourth-order valence-corrected chi connectivity index (χ4v) is 3.07. The van der Waals surface area contributed by atoms with Gasteiger partial charge in [-0.1, -0.05) is 6.92 Å². The zero-order chi connectivity index (χ0) is 15.2. The summed E-state index contributed by atoms with van der Waals surface area (Å²) in [4.78, 5) is 0.293. The van der Waals surface area contributed by atoms with Gasteiger partial charge >= 0.3 is 0 Å². The highest BCUT2D eigenvalue weighted by molar-refractivity contribution is 7.89. The molecule has 1 aromatic rings. The van der Waals surface area contributed by atoms with Gasteiger partial charge in [-0.3, -0.25) is 0 Å². The minimum atomic E-state index is -3.43. The first kappa shape index (κ1) is 16.9. The maximum Gasteiger partial charge on any atom is 0.243 e. The Balaban J connectivity index is 2.81. The van der Waals surface area contributed by atoms with Gasteiger partial charge in [-0.05, 0) is 44.7 Å². The highest BCUT2D eigenvalue weighted by Crippen LogP contribution is 2.20. The van der Waals surface area contributed by atoms with Gasteiger partial charge in [0.25, 0.3) is 0 Å². The monoisotopic (exact) mass is 300 g/mol. The molecule has 6 heteroatoms. The largest absolute Gasteiger partial charge is 0.492 e. The standard InChI is InChI=1S/C14H24N2O3S/c1-5-12(2)16(4)20(17,18)14-8-6-13(7-9-14)19-11-10-15-3/h6-9,12,15H,5,10-11H2,1-4H3. The van der Waals surface area contributed by atoms with Gasteiger partial charge in [-0.15, -0.1) is 0 Å². The number of sulfonamides is 1. The second-order valence-electron chi connectivity index (χ2n) is 4.70. The molecule has 0 amide bonds. The van der Waals surface area contributed by atoms with Gasteiger partial charge in [0, 0.05) is 19.6 Å². The van der Waals surface area contributed by atoms with E-state index in [1.54, 1.807) is 31.3 Å². The molecule has 5 nitrogen and oxygen atoms in total. The molecule has 0 radical (unpaired) electrons. The van der Waals surface area contributed by atoms with Crippen molar-refractivity contribution in [1.82, 2.24) is 9.62 Å². The summed E-state index contributed by atoms with van der Waals surface area (Å²) in [6.45, 7) is 5.16. The van der Waals surface area contributed by atoms with E-state index in [9.17, 15) is 8.42 Å². The van der Waals surface area contributed by atoms with Crippen LogP contribution in [0.5, 0.6) is 5.75 Å². The van der Waals surface area contributed by atoms with Crippen LogP contribution in [-0.4, -0.2) is 46.0 Å². The lowest BCUT2D eigenvalue weighted by molar-refractivity contribution is 0.318. The highest BCUT2D eigenvalue weighted by Gasteiger charge is 2.24. The Morgan fingerprint density at radius 2 is 1.90 bits per heavy atom. The number of nitrogens with zero attached hydrogens (tertiary/aromatic N) is 1. The maximum atomic E-state index is 12.4. The van der Waals surface area contributed by atoms with Gasteiger partial charge in [0.2, 0.25) is 10.0 Å². The Morgan fingerprint density at radius 3 is 2.40 bits per heavy atom. The van der Waals surface area contributed by atoms with Crippen LogP contribution in [-0.2, 0) is 10.0 Å². The number of hydrogen-bond donors (Lipinski definition) is 1. The molecule has 0 aliphatic carbocycles. The van der Waals surface area contributed by atoms with Crippen LogP contribution in [0, 0.1) is 0 Å². The van der Waals surface area contributed by atoms with E-state index in [0.717, 1.165) is 13.0 Å². The van der Waals surface area contributed by atoms with Crippen molar-refractivity contribution in [2.24, 2.45) is 0 Å². The first-order valence-electron chi connectivity index (χ1n) is 6.79. The van der Waals surface area contributed by atoms with Gasteiger partial charge in [-0.2, -0.15) is 4.31 Å². The van der Waals surface area contributed by atoms with Crippen LogP contribution in [0.25, 0.3) is 0 Å². The lowest BCUT2D eigenvalue weighted by Crippen LogP contribution is -2.34. The summed E-state index contributed by atoms with van der Waals surface area (Å²) in [7, 11) is 0.0361. The van der Waals surface area contributed by atoms with E-state index in [1.807, 2.05) is 20.9 Å². The summed E-state index contributed by atoms with van der Waals surface area (Å²) in [6, 6.07) is 6.53. The Kier molecular flexibility index (Phi) is 6.45. The molecule has 114 valence electrons. The molecule has 0 saturated heterocycles. The van der Waals surface area contributed by atoms with E-state index in [1.165, 1.54) is 4.31 Å². The Labute approximate surface area is 122 Å². The summed E-state index contributed by atoms with van der Waals surface area (Å²) < 4.78 is 31.6. The first-order valence-corrected chi connectivity index (χ1v) is 8.23. The van der Waals surface area contributed by atoms with Gasteiger partial charge in [0.15, 0.2) is 0 Å². The maximum absolute atomic E-state index is 12.4. The molecule has 0 bridgehead atoms. The second-order valence-corrected chi connectivity index (χ2v) is 6.70. The average Bonchev–Trinajstić information content (AvgIpc) is 2.46. The molecule has 1 unspecified atom stereocenters. The number of ether oxygens (including phenoxy) is 1. The summed E-state index contributed by atoms with van der Waals surface area (Å²) in [6.07, 6.45) is 0.779. The minimum Gasteiger partial charge on any atom is -0.492 e. The van der Waals surface area contributed by atoms with Crippen molar-refractivity contribution in [2.75, 3.05) is 27.2 Å². The predicted octanol–water partition coefficient (Wildman–Crippen LogP) is 1.70. The number of nitrogens with one attached hydrogen (secondary N) is 1. The van der Waals surface area contributed by atoms with Crippen molar-refractivity contribution >= 4 is 10.0 Å². The van der Waals surface area contributed by atoms with Crippen LogP contribution in [0.1, 0.15) is 20.3 Å². The van der Waals surface area contributed by atoms with Crippen molar-refractivity contribution in [3.63, 3.8) is 0 Å². The predicted molar refractivity (Wildman–Crippen MR) is 80.6 cm³/mol. The van der Waals surface area contributed by atoms with Gasteiger partial charge < -0.3 is 10.1 Å². The molecule has 0 fully saturated rings. The van der Waals surface area contributed by atoms with Crippen LogP contribution in [0.2, 0.25) is 0 Å². The molecule has 1 aromatic carbocycles. The van der Waals surface area contributed by atoms with E-state index >= 15 is 0 Å². The molecule has 20 heavy (non-hydrogen) atoms. The van der Waals surface area contributed by atoms with Crippen LogP contribution >= 0.6 is 0 Å². The molecular formula is C14H24N2O3S. The molecule has 1 atom stereocenters. The summed E-state index contributed by atoms with van der Waals surface area (Å²) in [5.74, 6) is 0.672. The lowest BCUT2D eigenvalue weighted by Gasteiger charge is -2.23. The van der Waals surface area contributed by atoms with Gasteiger partial charge in [-0.25, -0.2) is 8.42 Å². The molecule has 0 aliphatic rings. The quantitative estimate of drug-likeness (QED) is 0.743. The summed E-state index contributed by atoms with van der Waals surface area (Å²) >= 11 is 0. The fraction of sp³-hybridized carbons (Fsp3) is 0.571. The Morgan fingerprint density at radius 1 is 1.30 bits per heavy atom. The summed E-state index contributed by atoms with van der Waals surface area (Å²) in [5.41, 5.74) is 0. The topological polar surface area (TPSA) is 58.6 Å². The van der Waals surface area contributed by atoms with E-state index in [2.05, 4.69) is 5.32 Å². The zero-order valence-corrected chi connectivity index (χ0v) is 13.4. The van der Waals surface area contributed by atoms with Crippen LogP contribution in [0.3, 0.4) is 0 Å². The number of likely N-dealkylation sites (N-methyl/N-ethyl adjacent to an activating group) is 1. The Hall–Kier alpha value is -1.11. The molecule has 0 heterocycles. The Bertz CT molecular complexity index is 500. The van der Waals surface area contributed by atoms with E-state index < -0.39 is 10.0 Å². The molecule has 0 saturated carbocycles. The minimum absolute atomic E-state index is 0.0217. The normalized spacial score (nSPS) is 13.4. The molecule has 0 aliphatic heterocycles. The van der Waals surface area contributed by atoms with Crippen LogP contribution < -0.4 is 10.1 Å². The van der Waals surface area contributed by atoms with E-state index in [4.69, 9.17) is 4.74 Å².